The lowest BCUT2D eigenvalue weighted by Crippen LogP contribution is -2.08. The minimum atomic E-state index is -0.636. The second kappa shape index (κ2) is 5.38. The first-order valence-corrected chi connectivity index (χ1v) is 6.89. The molecule has 3 aromatic rings. The van der Waals surface area contributed by atoms with E-state index in [0.717, 1.165) is 0 Å². The zero-order chi connectivity index (χ0) is 15.0. The number of anilines is 1. The van der Waals surface area contributed by atoms with E-state index >= 15 is 0 Å². The number of nitrogens with two attached hydrogens (primary N) is 1. The summed E-state index contributed by atoms with van der Waals surface area (Å²) in [6.45, 7) is 0. The van der Waals surface area contributed by atoms with E-state index in [0.29, 0.717) is 4.47 Å². The number of hydrogen-bond acceptors (Lipinski definition) is 5. The summed E-state index contributed by atoms with van der Waals surface area (Å²) >= 11 is 9.02. The molecule has 0 amide bonds. The van der Waals surface area contributed by atoms with Gasteiger partial charge in [0.2, 0.25) is 5.95 Å². The van der Waals surface area contributed by atoms with Crippen molar-refractivity contribution in [3.63, 3.8) is 0 Å². The third-order valence-corrected chi connectivity index (χ3v) is 3.88. The molecule has 9 heteroatoms. The molecule has 0 unspecified atom stereocenters. The predicted octanol–water partition coefficient (Wildman–Crippen LogP) is 2.86. The lowest BCUT2D eigenvalue weighted by molar-refractivity contribution is 0.629. The molecule has 6 nitrogen and oxygen atoms in total. The van der Waals surface area contributed by atoms with Crippen LogP contribution < -0.4 is 5.73 Å². The molecule has 0 atom stereocenters. The first kappa shape index (κ1) is 13.9. The van der Waals surface area contributed by atoms with Crippen molar-refractivity contribution in [3.05, 3.63) is 45.9 Å². The van der Waals surface area contributed by atoms with Crippen molar-refractivity contribution in [2.75, 3.05) is 5.73 Å². The molecule has 0 aliphatic rings. The molecule has 3 rings (SSSR count). The molecule has 2 heterocycles. The van der Waals surface area contributed by atoms with Crippen LogP contribution in [0.2, 0.25) is 5.02 Å². The molecule has 0 fully saturated rings. The van der Waals surface area contributed by atoms with Crippen LogP contribution in [0.5, 0.6) is 0 Å². The third kappa shape index (κ3) is 2.59. The molecule has 21 heavy (non-hydrogen) atoms. The Kier molecular flexibility index (Phi) is 3.56. The van der Waals surface area contributed by atoms with Crippen LogP contribution in [0.25, 0.3) is 17.3 Å². The smallest absolute Gasteiger partial charge is 0.255 e. The van der Waals surface area contributed by atoms with Gasteiger partial charge in [-0.25, -0.2) is 9.07 Å². The van der Waals surface area contributed by atoms with Gasteiger partial charge in [0.15, 0.2) is 11.6 Å². The molecule has 0 bridgehead atoms. The van der Waals surface area contributed by atoms with Gasteiger partial charge >= 0.3 is 0 Å². The lowest BCUT2D eigenvalue weighted by atomic mass is 10.2. The number of nitrogen functional groups attached to an aromatic ring is 1. The maximum Gasteiger partial charge on any atom is 0.255 e. The Balaban J connectivity index is 2.18. The Hall–Kier alpha value is -2.06. The first-order valence-electron chi connectivity index (χ1n) is 5.71. The normalized spacial score (nSPS) is 10.8. The van der Waals surface area contributed by atoms with Gasteiger partial charge in [0.25, 0.3) is 5.95 Å². The Bertz CT molecular complexity index is 808. The minimum absolute atomic E-state index is 0.0380. The number of hydrogen-bond donors (Lipinski definition) is 1. The van der Waals surface area contributed by atoms with Gasteiger partial charge in [0, 0.05) is 16.9 Å². The standard InChI is InChI=1S/C12H7BrClFN6/c13-7-3-2-6(9(15)8(7)14)10-18-11(16)20-12(19-10)21-5-1-4-17-21/h1-5H,(H2,16,18,19,20). The number of nitrogens with zero attached hydrogens (tertiary/aromatic N) is 5. The summed E-state index contributed by atoms with van der Waals surface area (Å²) in [5.41, 5.74) is 5.78. The summed E-state index contributed by atoms with van der Waals surface area (Å²) in [4.78, 5) is 12.1. The van der Waals surface area contributed by atoms with Gasteiger partial charge in [-0.2, -0.15) is 20.1 Å². The van der Waals surface area contributed by atoms with Gasteiger partial charge in [0.1, 0.15) is 0 Å². The number of rotatable bonds is 2. The van der Waals surface area contributed by atoms with Gasteiger partial charge in [-0.05, 0) is 34.1 Å². The van der Waals surface area contributed by atoms with Gasteiger partial charge in [-0.15, -0.1) is 0 Å². The van der Waals surface area contributed by atoms with E-state index in [4.69, 9.17) is 17.3 Å². The zero-order valence-electron chi connectivity index (χ0n) is 10.3. The summed E-state index contributed by atoms with van der Waals surface area (Å²) in [5, 5.41) is 3.95. The van der Waals surface area contributed by atoms with Crippen molar-refractivity contribution < 1.29 is 4.39 Å². The topological polar surface area (TPSA) is 82.5 Å². The van der Waals surface area contributed by atoms with E-state index in [1.165, 1.54) is 10.7 Å². The average Bonchev–Trinajstić information content (AvgIpc) is 2.98. The number of aromatic nitrogens is 5. The molecule has 2 N–H and O–H groups in total. The molecule has 2 aromatic heterocycles. The van der Waals surface area contributed by atoms with E-state index in [1.807, 2.05) is 0 Å². The second-order valence-corrected chi connectivity index (χ2v) is 5.22. The molecule has 0 saturated heterocycles. The lowest BCUT2D eigenvalue weighted by Gasteiger charge is -2.07. The first-order chi connectivity index (χ1) is 10.1. The third-order valence-electron chi connectivity index (χ3n) is 2.63. The fourth-order valence-corrected chi connectivity index (χ4v) is 2.16. The number of halogens is 3. The maximum absolute atomic E-state index is 14.2. The summed E-state index contributed by atoms with van der Waals surface area (Å²) < 4.78 is 16.1. The van der Waals surface area contributed by atoms with Crippen LogP contribution in [0.4, 0.5) is 10.3 Å². The van der Waals surface area contributed by atoms with E-state index < -0.39 is 5.82 Å². The highest BCUT2D eigenvalue weighted by Crippen LogP contribution is 2.31. The monoisotopic (exact) mass is 368 g/mol. The van der Waals surface area contributed by atoms with Crippen molar-refractivity contribution in [1.82, 2.24) is 24.7 Å². The summed E-state index contributed by atoms with van der Waals surface area (Å²) in [6, 6.07) is 4.82. The van der Waals surface area contributed by atoms with Crippen LogP contribution in [-0.2, 0) is 0 Å². The van der Waals surface area contributed by atoms with Crippen LogP contribution in [0.15, 0.2) is 35.1 Å². The quantitative estimate of drug-likeness (QED) is 0.702. The maximum atomic E-state index is 14.2. The van der Waals surface area contributed by atoms with Crippen LogP contribution in [0.3, 0.4) is 0 Å². The molecular weight excluding hydrogens is 363 g/mol. The molecule has 0 saturated carbocycles. The highest BCUT2D eigenvalue weighted by molar-refractivity contribution is 9.10. The Morgan fingerprint density at radius 1 is 1.24 bits per heavy atom. The molecule has 0 radical (unpaired) electrons. The van der Waals surface area contributed by atoms with E-state index in [-0.39, 0.29) is 28.3 Å². The minimum Gasteiger partial charge on any atom is -0.368 e. The van der Waals surface area contributed by atoms with Crippen LogP contribution in [0, 0.1) is 5.82 Å². The molecule has 0 aliphatic carbocycles. The van der Waals surface area contributed by atoms with Gasteiger partial charge in [0.05, 0.1) is 10.6 Å². The molecule has 1 aromatic carbocycles. The van der Waals surface area contributed by atoms with Crippen LogP contribution >= 0.6 is 27.5 Å². The Morgan fingerprint density at radius 2 is 2.05 bits per heavy atom. The van der Waals surface area contributed by atoms with Crippen molar-refractivity contribution in [1.29, 1.82) is 0 Å². The van der Waals surface area contributed by atoms with E-state index in [9.17, 15) is 4.39 Å². The van der Waals surface area contributed by atoms with E-state index in [1.54, 1.807) is 24.5 Å². The van der Waals surface area contributed by atoms with Crippen molar-refractivity contribution in [3.8, 4) is 17.3 Å². The van der Waals surface area contributed by atoms with Gasteiger partial charge in [-0.3, -0.25) is 0 Å². The average molecular weight is 370 g/mol. The summed E-state index contributed by atoms with van der Waals surface area (Å²) in [5.74, 6) is -0.396. The molecule has 0 spiro atoms. The fourth-order valence-electron chi connectivity index (χ4n) is 1.69. The summed E-state index contributed by atoms with van der Waals surface area (Å²) in [6.07, 6.45) is 3.21. The highest BCUT2D eigenvalue weighted by Gasteiger charge is 2.16. The highest BCUT2D eigenvalue weighted by atomic mass is 79.9. The van der Waals surface area contributed by atoms with Crippen molar-refractivity contribution >= 4 is 33.5 Å². The Labute approximate surface area is 131 Å². The Morgan fingerprint density at radius 3 is 2.76 bits per heavy atom. The SMILES string of the molecule is Nc1nc(-c2ccc(Br)c(Cl)c2F)nc(-n2cccn2)n1. The van der Waals surface area contributed by atoms with Crippen LogP contribution in [0.1, 0.15) is 0 Å². The van der Waals surface area contributed by atoms with Crippen molar-refractivity contribution in [2.45, 2.75) is 0 Å². The summed E-state index contributed by atoms with van der Waals surface area (Å²) in [7, 11) is 0. The van der Waals surface area contributed by atoms with Gasteiger partial charge in [-0.1, -0.05) is 11.6 Å². The molecule has 0 aliphatic heterocycles. The number of benzene rings is 1. The second-order valence-electron chi connectivity index (χ2n) is 3.99. The molecule has 106 valence electrons. The predicted molar refractivity (Wildman–Crippen MR) is 79.5 cm³/mol. The fraction of sp³-hybridized carbons (Fsp3) is 0. The van der Waals surface area contributed by atoms with Crippen molar-refractivity contribution in [2.24, 2.45) is 0 Å². The largest absolute Gasteiger partial charge is 0.368 e. The van der Waals surface area contributed by atoms with E-state index in [2.05, 4.69) is 36.0 Å². The zero-order valence-corrected chi connectivity index (χ0v) is 12.7. The van der Waals surface area contributed by atoms with Gasteiger partial charge < -0.3 is 5.73 Å². The van der Waals surface area contributed by atoms with Crippen LogP contribution in [-0.4, -0.2) is 24.7 Å². The molecular formula is C12H7BrClFN6.